The Hall–Kier alpha value is -1.81. The summed E-state index contributed by atoms with van der Waals surface area (Å²) in [6.45, 7) is 1.99. The van der Waals surface area contributed by atoms with Crippen molar-refractivity contribution in [2.24, 2.45) is 0 Å². The molecular formula is C14H11BrO3. The molecule has 0 aliphatic rings. The zero-order valence-electron chi connectivity index (χ0n) is 9.68. The van der Waals surface area contributed by atoms with Gasteiger partial charge in [0.15, 0.2) is 0 Å². The summed E-state index contributed by atoms with van der Waals surface area (Å²) in [5.41, 5.74) is 1.33. The van der Waals surface area contributed by atoms with E-state index in [1.807, 2.05) is 31.2 Å². The summed E-state index contributed by atoms with van der Waals surface area (Å²) in [6, 6.07) is 12.3. The summed E-state index contributed by atoms with van der Waals surface area (Å²) >= 11 is 3.26. The summed E-state index contributed by atoms with van der Waals surface area (Å²) in [7, 11) is 0. The van der Waals surface area contributed by atoms with Crippen LogP contribution in [0.1, 0.15) is 15.9 Å². The zero-order valence-corrected chi connectivity index (χ0v) is 11.3. The molecule has 92 valence electrons. The molecular weight excluding hydrogens is 296 g/mol. The Kier molecular flexibility index (Phi) is 3.67. The number of ether oxygens (including phenoxy) is 1. The van der Waals surface area contributed by atoms with Crippen molar-refractivity contribution in [2.75, 3.05) is 0 Å². The molecule has 3 nitrogen and oxygen atoms in total. The van der Waals surface area contributed by atoms with Gasteiger partial charge in [-0.2, -0.15) is 0 Å². The number of benzene rings is 2. The first-order valence-electron chi connectivity index (χ1n) is 5.33. The minimum atomic E-state index is -0.981. The molecule has 0 unspecified atom stereocenters. The minimum Gasteiger partial charge on any atom is -0.478 e. The third-order valence-electron chi connectivity index (χ3n) is 2.37. The molecule has 0 aliphatic carbocycles. The molecule has 2 rings (SSSR count). The van der Waals surface area contributed by atoms with Gasteiger partial charge in [-0.05, 0) is 37.3 Å². The molecule has 2 aromatic rings. The minimum absolute atomic E-state index is 0.187. The first kappa shape index (κ1) is 12.6. The fourth-order valence-electron chi connectivity index (χ4n) is 1.49. The van der Waals surface area contributed by atoms with Crippen LogP contribution in [0.25, 0.3) is 0 Å². The van der Waals surface area contributed by atoms with Crippen LogP contribution in [0.2, 0.25) is 0 Å². The second-order valence-electron chi connectivity index (χ2n) is 3.90. The van der Waals surface area contributed by atoms with E-state index in [0.29, 0.717) is 16.0 Å². The largest absolute Gasteiger partial charge is 0.478 e. The van der Waals surface area contributed by atoms with E-state index in [2.05, 4.69) is 15.9 Å². The maximum atomic E-state index is 10.9. The third kappa shape index (κ3) is 3.11. The Labute approximate surface area is 113 Å². The monoisotopic (exact) mass is 306 g/mol. The van der Waals surface area contributed by atoms with Gasteiger partial charge in [0.1, 0.15) is 11.5 Å². The predicted octanol–water partition coefficient (Wildman–Crippen LogP) is 4.25. The number of halogens is 1. The number of hydrogen-bond donors (Lipinski definition) is 1. The highest BCUT2D eigenvalue weighted by Crippen LogP contribution is 2.26. The molecule has 0 aromatic heterocycles. The van der Waals surface area contributed by atoms with E-state index in [9.17, 15) is 4.79 Å². The average molecular weight is 307 g/mol. The van der Waals surface area contributed by atoms with Crippen LogP contribution >= 0.6 is 15.9 Å². The summed E-state index contributed by atoms with van der Waals surface area (Å²) in [5, 5.41) is 8.96. The van der Waals surface area contributed by atoms with E-state index in [-0.39, 0.29) is 5.56 Å². The van der Waals surface area contributed by atoms with Crippen LogP contribution in [0, 0.1) is 6.92 Å². The molecule has 0 spiro atoms. The molecule has 0 atom stereocenters. The number of carboxylic acid groups (broad SMARTS) is 1. The molecule has 0 radical (unpaired) electrons. The number of carboxylic acids is 1. The number of aryl methyl sites for hydroxylation is 1. The number of carbonyl (C=O) groups is 1. The molecule has 2 aromatic carbocycles. The number of aromatic carboxylic acids is 1. The van der Waals surface area contributed by atoms with Crippen LogP contribution in [-0.2, 0) is 0 Å². The second kappa shape index (κ2) is 5.23. The van der Waals surface area contributed by atoms with E-state index >= 15 is 0 Å². The summed E-state index contributed by atoms with van der Waals surface area (Å²) in [4.78, 5) is 10.9. The lowest BCUT2D eigenvalue weighted by Gasteiger charge is -2.07. The Morgan fingerprint density at radius 3 is 2.39 bits per heavy atom. The molecule has 0 heterocycles. The topological polar surface area (TPSA) is 46.5 Å². The highest BCUT2D eigenvalue weighted by Gasteiger charge is 2.07. The van der Waals surface area contributed by atoms with Crippen molar-refractivity contribution in [1.82, 2.24) is 0 Å². The molecule has 0 fully saturated rings. The molecule has 0 saturated carbocycles. The van der Waals surface area contributed by atoms with Crippen LogP contribution < -0.4 is 4.74 Å². The Balaban J connectivity index is 2.28. The fourth-order valence-corrected chi connectivity index (χ4v) is 1.96. The van der Waals surface area contributed by atoms with Crippen molar-refractivity contribution >= 4 is 21.9 Å². The van der Waals surface area contributed by atoms with E-state index < -0.39 is 5.97 Å². The van der Waals surface area contributed by atoms with Gasteiger partial charge < -0.3 is 9.84 Å². The summed E-state index contributed by atoms with van der Waals surface area (Å²) < 4.78 is 6.28. The van der Waals surface area contributed by atoms with E-state index in [0.717, 1.165) is 5.56 Å². The van der Waals surface area contributed by atoms with E-state index in [1.165, 1.54) is 12.1 Å². The molecule has 0 bridgehead atoms. The van der Waals surface area contributed by atoms with Crippen molar-refractivity contribution in [3.05, 3.63) is 58.1 Å². The van der Waals surface area contributed by atoms with Gasteiger partial charge in [-0.15, -0.1) is 0 Å². The van der Waals surface area contributed by atoms with Gasteiger partial charge >= 0.3 is 5.97 Å². The molecule has 0 saturated heterocycles. The lowest BCUT2D eigenvalue weighted by molar-refractivity contribution is 0.0696. The van der Waals surface area contributed by atoms with Crippen molar-refractivity contribution < 1.29 is 14.6 Å². The predicted molar refractivity (Wildman–Crippen MR) is 72.4 cm³/mol. The molecule has 18 heavy (non-hydrogen) atoms. The van der Waals surface area contributed by atoms with Gasteiger partial charge in [-0.3, -0.25) is 0 Å². The molecule has 1 N–H and O–H groups in total. The number of hydrogen-bond acceptors (Lipinski definition) is 2. The third-order valence-corrected chi connectivity index (χ3v) is 2.83. The Morgan fingerprint density at radius 2 is 1.78 bits per heavy atom. The second-order valence-corrected chi connectivity index (χ2v) is 4.81. The van der Waals surface area contributed by atoms with Crippen LogP contribution in [0.4, 0.5) is 0 Å². The lowest BCUT2D eigenvalue weighted by atomic mass is 10.2. The maximum Gasteiger partial charge on any atom is 0.335 e. The van der Waals surface area contributed by atoms with Crippen molar-refractivity contribution in [2.45, 2.75) is 6.92 Å². The Morgan fingerprint density at radius 1 is 1.11 bits per heavy atom. The molecule has 0 aliphatic heterocycles. The highest BCUT2D eigenvalue weighted by atomic mass is 79.9. The number of rotatable bonds is 3. The summed E-state index contributed by atoms with van der Waals surface area (Å²) in [6.07, 6.45) is 0. The standard InChI is InChI=1S/C14H11BrO3/c1-9-2-4-12(5-3-9)18-13-7-10(14(16)17)6-11(15)8-13/h2-8H,1H3,(H,16,17). The SMILES string of the molecule is Cc1ccc(Oc2cc(Br)cc(C(=O)O)c2)cc1. The van der Waals surface area contributed by atoms with Gasteiger partial charge in [0.25, 0.3) is 0 Å². The lowest BCUT2D eigenvalue weighted by Crippen LogP contribution is -1.96. The van der Waals surface area contributed by atoms with Crippen LogP contribution in [0.3, 0.4) is 0 Å². The smallest absolute Gasteiger partial charge is 0.335 e. The normalized spacial score (nSPS) is 10.1. The summed E-state index contributed by atoms with van der Waals surface area (Å²) in [5.74, 6) is 0.186. The Bertz CT molecular complexity index is 576. The molecule has 4 heteroatoms. The van der Waals surface area contributed by atoms with Crippen LogP contribution in [-0.4, -0.2) is 11.1 Å². The van der Waals surface area contributed by atoms with Crippen molar-refractivity contribution in [3.8, 4) is 11.5 Å². The quantitative estimate of drug-likeness (QED) is 0.922. The first-order chi connectivity index (χ1) is 8.54. The van der Waals surface area contributed by atoms with Crippen LogP contribution in [0.15, 0.2) is 46.9 Å². The van der Waals surface area contributed by atoms with Gasteiger partial charge in [0, 0.05) is 4.47 Å². The van der Waals surface area contributed by atoms with E-state index in [1.54, 1.807) is 6.07 Å². The zero-order chi connectivity index (χ0) is 13.1. The molecule has 0 amide bonds. The van der Waals surface area contributed by atoms with E-state index in [4.69, 9.17) is 9.84 Å². The van der Waals surface area contributed by atoms with Crippen molar-refractivity contribution in [3.63, 3.8) is 0 Å². The first-order valence-corrected chi connectivity index (χ1v) is 6.12. The van der Waals surface area contributed by atoms with Gasteiger partial charge in [0.05, 0.1) is 5.56 Å². The van der Waals surface area contributed by atoms with Gasteiger partial charge in [-0.1, -0.05) is 33.6 Å². The van der Waals surface area contributed by atoms with Crippen molar-refractivity contribution in [1.29, 1.82) is 0 Å². The van der Waals surface area contributed by atoms with Gasteiger partial charge in [0.2, 0.25) is 0 Å². The van der Waals surface area contributed by atoms with Crippen LogP contribution in [0.5, 0.6) is 11.5 Å². The maximum absolute atomic E-state index is 10.9. The average Bonchev–Trinajstić information content (AvgIpc) is 2.31. The van der Waals surface area contributed by atoms with Gasteiger partial charge in [-0.25, -0.2) is 4.79 Å². The highest BCUT2D eigenvalue weighted by molar-refractivity contribution is 9.10. The fraction of sp³-hybridized carbons (Fsp3) is 0.0714.